The second-order valence-corrected chi connectivity index (χ2v) is 6.46. The van der Waals surface area contributed by atoms with Gasteiger partial charge in [0.05, 0.1) is 0 Å². The molecule has 0 N–H and O–H groups in total. The summed E-state index contributed by atoms with van der Waals surface area (Å²) in [5.41, 5.74) is 6.39. The number of hydrogen-bond donors (Lipinski definition) is 0. The maximum atomic E-state index is 3.63. The van der Waals surface area contributed by atoms with Crippen molar-refractivity contribution in [2.75, 3.05) is 0 Å². The molecule has 0 aliphatic rings. The number of rotatable bonds is 5. The fraction of sp³-hybridized carbons (Fsp3) is 0. The fourth-order valence-electron chi connectivity index (χ4n) is 3.10. The molecule has 0 saturated heterocycles. The van der Waals surface area contributed by atoms with Crippen LogP contribution in [0.4, 0.5) is 0 Å². The van der Waals surface area contributed by atoms with Crippen LogP contribution in [0.25, 0.3) is 11.1 Å². The molecule has 134 valence electrons. The summed E-state index contributed by atoms with van der Waals surface area (Å²) >= 11 is 0. The van der Waals surface area contributed by atoms with Gasteiger partial charge in [-0.25, -0.2) is 0 Å². The smallest absolute Gasteiger partial charge is 0.174 e. The van der Waals surface area contributed by atoms with E-state index in [2.05, 4.69) is 84.9 Å². The Bertz CT molecular complexity index is 973. The molecule has 0 unspecified atom stereocenters. The molecule has 0 spiro atoms. The Kier molecular flexibility index (Phi) is 7.50. The first-order chi connectivity index (χ1) is 13.9. The van der Waals surface area contributed by atoms with Crippen LogP contribution in [-0.2, 0) is 19.5 Å². The first-order valence-electron chi connectivity index (χ1n) is 9.39. The van der Waals surface area contributed by atoms with E-state index in [0.717, 1.165) is 33.4 Å². The Morgan fingerprint density at radius 1 is 0.379 bits per heavy atom. The number of hydrogen-bond acceptors (Lipinski definition) is 0. The van der Waals surface area contributed by atoms with Crippen LogP contribution in [0.2, 0.25) is 0 Å². The topological polar surface area (TPSA) is 0 Å². The molecule has 0 fully saturated rings. The van der Waals surface area contributed by atoms with Crippen molar-refractivity contribution in [2.45, 2.75) is 0 Å². The van der Waals surface area contributed by atoms with E-state index >= 15 is 0 Å². The van der Waals surface area contributed by atoms with Crippen molar-refractivity contribution in [3.8, 4) is 0 Å². The largest absolute Gasteiger partial charge is 2.00 e. The van der Waals surface area contributed by atoms with Gasteiger partial charge in [0.25, 0.3) is 0 Å². The van der Waals surface area contributed by atoms with Crippen molar-refractivity contribution in [1.82, 2.24) is 0 Å². The van der Waals surface area contributed by atoms with Crippen molar-refractivity contribution in [3.63, 3.8) is 0 Å². The van der Waals surface area contributed by atoms with Gasteiger partial charge in [-0.3, -0.25) is 0 Å². The zero-order chi connectivity index (χ0) is 19.0. The molecule has 0 bridgehead atoms. The van der Waals surface area contributed by atoms with E-state index in [1.807, 2.05) is 48.5 Å². The summed E-state index contributed by atoms with van der Waals surface area (Å²) in [6.45, 7) is 0. The first-order valence-corrected chi connectivity index (χ1v) is 9.39. The molecule has 0 saturated carbocycles. The minimum atomic E-state index is 0. The Labute approximate surface area is 186 Å². The molecule has 0 aromatic heterocycles. The number of benzene rings is 4. The van der Waals surface area contributed by atoms with E-state index < -0.39 is 0 Å². The van der Waals surface area contributed by atoms with Crippen LogP contribution in [0, 0.1) is 12.2 Å². The second-order valence-electron chi connectivity index (χ2n) is 6.46. The van der Waals surface area contributed by atoms with Gasteiger partial charge in [0.1, 0.15) is 0 Å². The van der Waals surface area contributed by atoms with Crippen molar-refractivity contribution >= 4 is 11.1 Å². The van der Waals surface area contributed by atoms with Gasteiger partial charge in [-0.05, 0) is 0 Å². The van der Waals surface area contributed by atoms with Gasteiger partial charge in [-0.2, -0.15) is 23.3 Å². The Hall–Kier alpha value is -3.02. The van der Waals surface area contributed by atoms with Crippen LogP contribution >= 0.6 is 0 Å². The van der Waals surface area contributed by atoms with Crippen LogP contribution in [0.5, 0.6) is 0 Å². The van der Waals surface area contributed by atoms with Crippen LogP contribution in [0.3, 0.4) is 0 Å². The van der Waals surface area contributed by atoms with Crippen LogP contribution in [-0.4, -0.2) is 0 Å². The molecule has 4 rings (SSSR count). The zero-order valence-electron chi connectivity index (χ0n) is 16.3. The maximum Gasteiger partial charge on any atom is 2.00 e. The second kappa shape index (κ2) is 10.5. The van der Waals surface area contributed by atoms with E-state index in [1.165, 1.54) is 0 Å². The summed E-state index contributed by atoms with van der Waals surface area (Å²) < 4.78 is 0. The third-order valence-electron chi connectivity index (χ3n) is 4.46. The van der Waals surface area contributed by atoms with Gasteiger partial charge in [0, 0.05) is 0 Å². The van der Waals surface area contributed by atoms with E-state index in [0.29, 0.717) is 0 Å². The van der Waals surface area contributed by atoms with Gasteiger partial charge in [0.2, 0.25) is 0 Å². The van der Waals surface area contributed by atoms with E-state index in [-0.39, 0.29) is 19.5 Å². The minimum absolute atomic E-state index is 0. The van der Waals surface area contributed by atoms with E-state index in [9.17, 15) is 0 Å². The van der Waals surface area contributed by atoms with Crippen molar-refractivity contribution < 1.29 is 19.5 Å². The SMILES string of the molecule is [C-](=C(C(=[C-]c1ccccc1)c1ccccc1)c1ccccc1)c1ccccc1.[Zn+2]. The quantitative estimate of drug-likeness (QED) is 0.143. The molecule has 4 aromatic carbocycles. The molecule has 29 heavy (non-hydrogen) atoms. The molecule has 4 aromatic rings. The van der Waals surface area contributed by atoms with Gasteiger partial charge in [-0.1, -0.05) is 97.1 Å². The molecule has 0 aliphatic heterocycles. The van der Waals surface area contributed by atoms with Gasteiger partial charge in [0.15, 0.2) is 0 Å². The molecule has 0 aliphatic carbocycles. The molecule has 1 heteroatoms. The third kappa shape index (κ3) is 5.50. The molecule has 0 radical (unpaired) electrons. The minimum Gasteiger partial charge on any atom is -0.174 e. The molecule has 0 atom stereocenters. The van der Waals surface area contributed by atoms with Crippen molar-refractivity contribution in [1.29, 1.82) is 0 Å². The summed E-state index contributed by atoms with van der Waals surface area (Å²) in [6, 6.07) is 41.3. The van der Waals surface area contributed by atoms with E-state index in [4.69, 9.17) is 0 Å². The van der Waals surface area contributed by atoms with Crippen molar-refractivity contribution in [3.05, 3.63) is 156 Å². The standard InChI is InChI=1S/C28H20.Zn/c1-5-13-23(14-6-1)21-27(25-17-9-3-10-18-25)28(26-19-11-4-12-20-26)22-24-15-7-2-8-16-24;/h1-20H;/q-2;+2. The number of allylic oxidation sites excluding steroid dienone is 2. The average molecular weight is 422 g/mol. The monoisotopic (exact) mass is 420 g/mol. The van der Waals surface area contributed by atoms with Crippen LogP contribution in [0.1, 0.15) is 22.3 Å². The van der Waals surface area contributed by atoms with Crippen LogP contribution < -0.4 is 0 Å². The first kappa shape index (κ1) is 20.7. The van der Waals surface area contributed by atoms with E-state index in [1.54, 1.807) is 0 Å². The van der Waals surface area contributed by atoms with Gasteiger partial charge < -0.3 is 0 Å². The molecular formula is C28H20Zn. The molecule has 0 amide bonds. The zero-order valence-corrected chi connectivity index (χ0v) is 19.2. The normalized spacial score (nSPS) is 11.6. The summed E-state index contributed by atoms with van der Waals surface area (Å²) in [5, 5.41) is 0. The Balaban J connectivity index is 0.00000240. The van der Waals surface area contributed by atoms with Gasteiger partial charge >= 0.3 is 19.5 Å². The predicted octanol–water partition coefficient (Wildman–Crippen LogP) is 6.85. The maximum absolute atomic E-state index is 3.63. The Morgan fingerprint density at radius 3 is 0.966 bits per heavy atom. The fourth-order valence-corrected chi connectivity index (χ4v) is 3.10. The summed E-state index contributed by atoms with van der Waals surface area (Å²) in [5.74, 6) is 0. The Morgan fingerprint density at radius 2 is 0.655 bits per heavy atom. The van der Waals surface area contributed by atoms with Crippen molar-refractivity contribution in [2.24, 2.45) is 0 Å². The average Bonchev–Trinajstić information content (AvgIpc) is 2.79. The molecule has 0 heterocycles. The summed E-state index contributed by atoms with van der Waals surface area (Å²) in [6.07, 6.45) is 7.26. The third-order valence-corrected chi connectivity index (χ3v) is 4.46. The molecular weight excluding hydrogens is 402 g/mol. The van der Waals surface area contributed by atoms with Crippen LogP contribution in [0.15, 0.2) is 121 Å². The summed E-state index contributed by atoms with van der Waals surface area (Å²) in [4.78, 5) is 0. The summed E-state index contributed by atoms with van der Waals surface area (Å²) in [7, 11) is 0. The predicted molar refractivity (Wildman–Crippen MR) is 117 cm³/mol. The van der Waals surface area contributed by atoms with Gasteiger partial charge in [-0.15, -0.1) is 46.5 Å². The molecule has 0 nitrogen and oxygen atoms in total.